The summed E-state index contributed by atoms with van der Waals surface area (Å²) in [7, 11) is -0.381. The summed E-state index contributed by atoms with van der Waals surface area (Å²) in [4.78, 5) is 12.8. The van der Waals surface area contributed by atoms with Crippen molar-refractivity contribution in [1.82, 2.24) is 0 Å². The Morgan fingerprint density at radius 3 is 2.31 bits per heavy atom. The molecule has 5 heteroatoms. The van der Waals surface area contributed by atoms with Crippen LogP contribution in [0.4, 0.5) is 0 Å². The number of fused-ring (bicyclic) bond motifs is 2. The molecule has 3 fully saturated rings. The van der Waals surface area contributed by atoms with Gasteiger partial charge in [-0.1, -0.05) is 24.3 Å². The minimum absolute atomic E-state index is 0.154. The van der Waals surface area contributed by atoms with E-state index in [1.807, 2.05) is 18.2 Å². The van der Waals surface area contributed by atoms with Crippen molar-refractivity contribution in [2.75, 3.05) is 0 Å². The van der Waals surface area contributed by atoms with Crippen LogP contribution in [0.5, 0.6) is 0 Å². The van der Waals surface area contributed by atoms with Crippen molar-refractivity contribution in [3.8, 4) is 0 Å². The fourth-order valence-corrected chi connectivity index (χ4v) is 4.29. The molecule has 3 aliphatic heterocycles. The Hall–Kier alpha value is -1.17. The van der Waals surface area contributed by atoms with Gasteiger partial charge in [0.2, 0.25) is 0 Å². The summed E-state index contributed by atoms with van der Waals surface area (Å²) in [6, 6.07) is 8.11. The molecule has 0 radical (unpaired) electrons. The number of ether oxygens (including phenoxy) is 1. The van der Waals surface area contributed by atoms with Gasteiger partial charge >= 0.3 is 7.12 Å². The lowest BCUT2D eigenvalue weighted by molar-refractivity contribution is -0.127. The van der Waals surface area contributed by atoms with Crippen molar-refractivity contribution < 1.29 is 18.8 Å². The molecule has 1 aromatic rings. The molecule has 0 spiro atoms. The van der Waals surface area contributed by atoms with Gasteiger partial charge in [0, 0.05) is 12.3 Å². The first-order valence-electron chi connectivity index (χ1n) is 9.86. The predicted octanol–water partition coefficient (Wildman–Crippen LogP) is 3.06. The van der Waals surface area contributed by atoms with E-state index >= 15 is 0 Å². The summed E-state index contributed by atoms with van der Waals surface area (Å²) in [6.45, 7) is 8.22. The van der Waals surface area contributed by atoms with E-state index in [1.54, 1.807) is 0 Å². The lowest BCUT2D eigenvalue weighted by Crippen LogP contribution is -2.41. The summed E-state index contributed by atoms with van der Waals surface area (Å²) in [6.07, 6.45) is 5.12. The van der Waals surface area contributed by atoms with Crippen molar-refractivity contribution in [1.29, 1.82) is 0 Å². The number of hydrogen-bond acceptors (Lipinski definition) is 4. The van der Waals surface area contributed by atoms with E-state index in [0.29, 0.717) is 24.4 Å². The first kappa shape index (κ1) is 18.2. The minimum atomic E-state index is -0.381. The molecule has 3 heterocycles. The maximum absolute atomic E-state index is 12.8. The fraction of sp³-hybridized carbons (Fsp3) is 0.667. The number of hydrogen-bond donors (Lipinski definition) is 0. The van der Waals surface area contributed by atoms with Gasteiger partial charge in [-0.3, -0.25) is 4.79 Å². The van der Waals surface area contributed by atoms with Crippen LogP contribution in [-0.4, -0.2) is 36.3 Å². The second-order valence-corrected chi connectivity index (χ2v) is 9.10. The molecule has 3 aliphatic rings. The highest BCUT2D eigenvalue weighted by molar-refractivity contribution is 6.62. The van der Waals surface area contributed by atoms with Gasteiger partial charge in [0.1, 0.15) is 5.78 Å². The van der Waals surface area contributed by atoms with E-state index < -0.39 is 0 Å². The monoisotopic (exact) mass is 356 g/mol. The van der Waals surface area contributed by atoms with Crippen LogP contribution in [0, 0.1) is 5.92 Å². The molecule has 4 nitrogen and oxygen atoms in total. The Bertz CT molecular complexity index is 671. The van der Waals surface area contributed by atoms with E-state index in [-0.39, 0.29) is 24.2 Å². The largest absolute Gasteiger partial charge is 0.494 e. The Labute approximate surface area is 156 Å². The third kappa shape index (κ3) is 3.37. The van der Waals surface area contributed by atoms with Crippen LogP contribution in [0.2, 0.25) is 0 Å². The molecular weight excluding hydrogens is 327 g/mol. The number of ketones is 1. The van der Waals surface area contributed by atoms with Crippen LogP contribution in [0.1, 0.15) is 58.9 Å². The molecule has 0 aliphatic carbocycles. The van der Waals surface area contributed by atoms with Crippen molar-refractivity contribution in [3.63, 3.8) is 0 Å². The second-order valence-electron chi connectivity index (χ2n) is 9.10. The molecule has 0 amide bonds. The summed E-state index contributed by atoms with van der Waals surface area (Å²) in [5.74, 6) is 0.498. The third-order valence-electron chi connectivity index (χ3n) is 6.60. The van der Waals surface area contributed by atoms with Crippen LogP contribution < -0.4 is 5.46 Å². The molecular formula is C21H29BO4. The van der Waals surface area contributed by atoms with E-state index in [0.717, 1.165) is 36.7 Å². The van der Waals surface area contributed by atoms with Crippen LogP contribution in [-0.2, 0) is 25.3 Å². The first-order valence-corrected chi connectivity index (χ1v) is 9.86. The zero-order chi connectivity index (χ0) is 18.5. The molecule has 2 atom stereocenters. The smallest absolute Gasteiger partial charge is 0.399 e. The maximum atomic E-state index is 12.8. The zero-order valence-corrected chi connectivity index (χ0v) is 16.3. The summed E-state index contributed by atoms with van der Waals surface area (Å²) in [5.41, 5.74) is 1.32. The number of rotatable bonds is 4. The molecule has 0 aromatic heterocycles. The zero-order valence-electron chi connectivity index (χ0n) is 16.3. The van der Waals surface area contributed by atoms with E-state index in [2.05, 4.69) is 33.8 Å². The Morgan fingerprint density at radius 1 is 1.08 bits per heavy atom. The normalized spacial score (nSPS) is 32.0. The third-order valence-corrected chi connectivity index (χ3v) is 6.60. The van der Waals surface area contributed by atoms with Gasteiger partial charge in [0.25, 0.3) is 0 Å². The molecule has 140 valence electrons. The Morgan fingerprint density at radius 2 is 1.69 bits per heavy atom. The van der Waals surface area contributed by atoms with Crippen LogP contribution in [0.25, 0.3) is 0 Å². The number of benzene rings is 1. The van der Waals surface area contributed by atoms with Gasteiger partial charge in [-0.2, -0.15) is 0 Å². The highest BCUT2D eigenvalue weighted by Gasteiger charge is 2.51. The number of carbonyl (C=O) groups is 1. The second kappa shape index (κ2) is 6.47. The van der Waals surface area contributed by atoms with E-state index in [9.17, 15) is 4.79 Å². The summed E-state index contributed by atoms with van der Waals surface area (Å²) >= 11 is 0. The average Bonchev–Trinajstić information content (AvgIpc) is 3.02. The lowest BCUT2D eigenvalue weighted by Gasteiger charge is -2.32. The summed E-state index contributed by atoms with van der Waals surface area (Å²) in [5, 5.41) is 0. The molecule has 0 N–H and O–H groups in total. The predicted molar refractivity (Wildman–Crippen MR) is 101 cm³/mol. The molecule has 26 heavy (non-hydrogen) atoms. The highest BCUT2D eigenvalue weighted by atomic mass is 16.7. The Kier molecular flexibility index (Phi) is 4.53. The highest BCUT2D eigenvalue weighted by Crippen LogP contribution is 2.37. The molecule has 1 aromatic carbocycles. The summed E-state index contributed by atoms with van der Waals surface area (Å²) < 4.78 is 18.1. The van der Waals surface area contributed by atoms with E-state index in [1.165, 1.54) is 0 Å². The van der Waals surface area contributed by atoms with E-state index in [4.69, 9.17) is 14.0 Å². The Balaban J connectivity index is 1.44. The van der Waals surface area contributed by atoms with Gasteiger partial charge in [0.15, 0.2) is 0 Å². The van der Waals surface area contributed by atoms with Crippen molar-refractivity contribution in [2.24, 2.45) is 5.92 Å². The lowest BCUT2D eigenvalue weighted by atomic mass is 9.77. The molecule has 0 saturated carbocycles. The molecule has 3 saturated heterocycles. The average molecular weight is 356 g/mol. The fourth-order valence-electron chi connectivity index (χ4n) is 4.29. The van der Waals surface area contributed by atoms with Gasteiger partial charge in [0.05, 0.1) is 23.4 Å². The van der Waals surface area contributed by atoms with Crippen LogP contribution in [0.3, 0.4) is 0 Å². The van der Waals surface area contributed by atoms with Crippen molar-refractivity contribution >= 4 is 18.4 Å². The van der Waals surface area contributed by atoms with Crippen LogP contribution in [0.15, 0.2) is 24.3 Å². The van der Waals surface area contributed by atoms with Crippen LogP contribution >= 0.6 is 0 Å². The SMILES string of the molecule is CC1(C)OB(c2cccc(CC(=O)C3CC4CCC(C3)O4)c2)OC1(C)C. The van der Waals surface area contributed by atoms with Gasteiger partial charge < -0.3 is 14.0 Å². The molecule has 2 bridgehead atoms. The van der Waals surface area contributed by atoms with Gasteiger partial charge in [-0.05, 0) is 64.4 Å². The quantitative estimate of drug-likeness (QED) is 0.778. The van der Waals surface area contributed by atoms with Gasteiger partial charge in [-0.25, -0.2) is 0 Å². The first-order chi connectivity index (χ1) is 12.2. The topological polar surface area (TPSA) is 44.8 Å². The van der Waals surface area contributed by atoms with Crippen molar-refractivity contribution in [3.05, 3.63) is 29.8 Å². The van der Waals surface area contributed by atoms with Gasteiger partial charge in [-0.15, -0.1) is 0 Å². The number of carbonyl (C=O) groups excluding carboxylic acids is 1. The minimum Gasteiger partial charge on any atom is -0.399 e. The van der Waals surface area contributed by atoms with Crippen molar-refractivity contribution in [2.45, 2.75) is 83.2 Å². The molecule has 2 unspecified atom stereocenters. The molecule has 4 rings (SSSR count). The standard InChI is InChI=1S/C21H29BO4/c1-20(2)21(3,4)26-22(25-20)16-7-5-6-14(10-16)11-19(23)15-12-17-8-9-18(13-15)24-17/h5-7,10,15,17-18H,8-9,11-13H2,1-4H3. The number of Topliss-reactive ketones (excluding diaryl/α,β-unsaturated/α-hetero) is 1. The maximum Gasteiger partial charge on any atom is 0.494 e.